The Morgan fingerprint density at radius 2 is 2.11 bits per heavy atom. The molecule has 2 rings (SSSR count). The third-order valence-corrected chi connectivity index (χ3v) is 2.75. The van der Waals surface area contributed by atoms with E-state index in [9.17, 15) is 4.79 Å². The molecule has 0 saturated heterocycles. The Bertz CT molecular complexity index is 554. The number of nitrogens with one attached hydrogen (secondary N) is 1. The molecule has 0 bridgehead atoms. The van der Waals surface area contributed by atoms with Crippen LogP contribution < -0.4 is 5.32 Å². The topological polar surface area (TPSA) is 62.2 Å². The molecule has 0 aliphatic heterocycles. The predicted molar refractivity (Wildman–Crippen MR) is 71.6 cm³/mol. The number of fused-ring (bicyclic) bond motifs is 1. The summed E-state index contributed by atoms with van der Waals surface area (Å²) >= 11 is 0. The van der Waals surface area contributed by atoms with Crippen molar-refractivity contribution in [2.24, 2.45) is 5.92 Å². The number of benzene rings is 1. The highest BCUT2D eigenvalue weighted by atomic mass is 16.4. The van der Waals surface area contributed by atoms with Crippen LogP contribution in [0.5, 0.6) is 0 Å². The molecule has 0 fully saturated rings. The first kappa shape index (κ1) is 12.4. The van der Waals surface area contributed by atoms with Crippen LogP contribution in [-0.4, -0.2) is 22.6 Å². The molecule has 2 aromatic rings. The maximum Gasteiger partial charge on any atom is 0.303 e. The largest absolute Gasteiger partial charge is 0.481 e. The minimum atomic E-state index is -0.768. The molecule has 0 saturated carbocycles. The van der Waals surface area contributed by atoms with Gasteiger partial charge in [-0.1, -0.05) is 25.1 Å². The van der Waals surface area contributed by atoms with Crippen LogP contribution in [0, 0.1) is 5.92 Å². The number of nitrogens with zero attached hydrogens (tertiary/aromatic N) is 1. The molecule has 0 radical (unpaired) electrons. The molecular formula is C14H16N2O2. The van der Waals surface area contributed by atoms with Crippen LogP contribution in [-0.2, 0) is 4.79 Å². The highest BCUT2D eigenvalue weighted by Crippen LogP contribution is 2.15. The average Bonchev–Trinajstić information content (AvgIpc) is 2.35. The molecule has 1 atom stereocenters. The first-order valence-electron chi connectivity index (χ1n) is 5.96. The van der Waals surface area contributed by atoms with Crippen molar-refractivity contribution in [1.82, 2.24) is 4.98 Å². The summed E-state index contributed by atoms with van der Waals surface area (Å²) in [6.07, 6.45) is 0.167. The number of hydrogen-bond acceptors (Lipinski definition) is 3. The molecule has 1 aromatic carbocycles. The number of anilines is 1. The van der Waals surface area contributed by atoms with Crippen LogP contribution in [0.1, 0.15) is 13.3 Å². The highest BCUT2D eigenvalue weighted by molar-refractivity contribution is 5.80. The zero-order chi connectivity index (χ0) is 13.0. The van der Waals surface area contributed by atoms with Gasteiger partial charge in [-0.2, -0.15) is 0 Å². The Morgan fingerprint density at radius 1 is 1.33 bits per heavy atom. The van der Waals surface area contributed by atoms with E-state index in [1.807, 2.05) is 43.3 Å². The van der Waals surface area contributed by atoms with Gasteiger partial charge in [-0.25, -0.2) is 4.98 Å². The van der Waals surface area contributed by atoms with Gasteiger partial charge >= 0.3 is 5.97 Å². The number of carboxylic acids is 1. The van der Waals surface area contributed by atoms with Gasteiger partial charge in [-0.05, 0) is 24.1 Å². The zero-order valence-corrected chi connectivity index (χ0v) is 10.3. The number of para-hydroxylation sites is 1. The number of carbonyl (C=O) groups is 1. The number of pyridine rings is 1. The van der Waals surface area contributed by atoms with Crippen molar-refractivity contribution >= 4 is 22.7 Å². The van der Waals surface area contributed by atoms with Gasteiger partial charge in [0.2, 0.25) is 0 Å². The second-order valence-electron chi connectivity index (χ2n) is 4.47. The minimum Gasteiger partial charge on any atom is -0.481 e. The van der Waals surface area contributed by atoms with Crippen LogP contribution >= 0.6 is 0 Å². The number of rotatable bonds is 5. The summed E-state index contributed by atoms with van der Waals surface area (Å²) in [5.41, 5.74) is 0.938. The fourth-order valence-electron chi connectivity index (χ4n) is 1.81. The standard InChI is InChI=1S/C14H16N2O2/c1-10(8-14(17)18)9-15-13-7-6-11-4-2-3-5-12(11)16-13/h2-7,10H,8-9H2,1H3,(H,15,16)(H,17,18). The molecule has 4 nitrogen and oxygen atoms in total. The molecule has 2 N–H and O–H groups in total. The number of aliphatic carboxylic acids is 1. The van der Waals surface area contributed by atoms with Crippen molar-refractivity contribution in [3.8, 4) is 0 Å². The maximum absolute atomic E-state index is 10.6. The Balaban J connectivity index is 2.01. The molecule has 0 aliphatic rings. The van der Waals surface area contributed by atoms with Crippen molar-refractivity contribution in [1.29, 1.82) is 0 Å². The van der Waals surface area contributed by atoms with Gasteiger partial charge in [0, 0.05) is 18.4 Å². The SMILES string of the molecule is CC(CNc1ccc2ccccc2n1)CC(=O)O. The Labute approximate surface area is 106 Å². The van der Waals surface area contributed by atoms with E-state index in [0.717, 1.165) is 16.7 Å². The number of carboxylic acid groups (broad SMARTS) is 1. The van der Waals surface area contributed by atoms with Gasteiger partial charge in [-0.15, -0.1) is 0 Å². The summed E-state index contributed by atoms with van der Waals surface area (Å²) in [6, 6.07) is 11.8. The van der Waals surface area contributed by atoms with Crippen LogP contribution in [0.4, 0.5) is 5.82 Å². The predicted octanol–water partition coefficient (Wildman–Crippen LogP) is 2.76. The second kappa shape index (κ2) is 5.49. The fourth-order valence-corrected chi connectivity index (χ4v) is 1.81. The minimum absolute atomic E-state index is 0.0794. The molecule has 0 spiro atoms. The van der Waals surface area contributed by atoms with Crippen LogP contribution in [0.2, 0.25) is 0 Å². The van der Waals surface area contributed by atoms with Gasteiger partial charge in [0.05, 0.1) is 5.52 Å². The van der Waals surface area contributed by atoms with E-state index in [2.05, 4.69) is 10.3 Å². The number of hydrogen-bond donors (Lipinski definition) is 2. The highest BCUT2D eigenvalue weighted by Gasteiger charge is 2.07. The summed E-state index contributed by atoms with van der Waals surface area (Å²) < 4.78 is 0. The normalized spacial score (nSPS) is 12.3. The van der Waals surface area contributed by atoms with E-state index in [1.54, 1.807) is 0 Å². The molecule has 1 heterocycles. The second-order valence-corrected chi connectivity index (χ2v) is 4.47. The number of aromatic nitrogens is 1. The van der Waals surface area contributed by atoms with E-state index in [4.69, 9.17) is 5.11 Å². The van der Waals surface area contributed by atoms with Gasteiger partial charge < -0.3 is 10.4 Å². The first-order valence-corrected chi connectivity index (χ1v) is 5.96. The molecular weight excluding hydrogens is 228 g/mol. The Morgan fingerprint density at radius 3 is 2.89 bits per heavy atom. The molecule has 1 aromatic heterocycles. The lowest BCUT2D eigenvalue weighted by Gasteiger charge is -2.11. The lowest BCUT2D eigenvalue weighted by atomic mass is 10.1. The van der Waals surface area contributed by atoms with Crippen LogP contribution in [0.25, 0.3) is 10.9 Å². The quantitative estimate of drug-likeness (QED) is 0.849. The van der Waals surface area contributed by atoms with Gasteiger partial charge in [-0.3, -0.25) is 4.79 Å². The maximum atomic E-state index is 10.6. The molecule has 1 unspecified atom stereocenters. The third-order valence-electron chi connectivity index (χ3n) is 2.75. The fraction of sp³-hybridized carbons (Fsp3) is 0.286. The van der Waals surface area contributed by atoms with E-state index in [-0.39, 0.29) is 12.3 Å². The first-order chi connectivity index (χ1) is 8.65. The van der Waals surface area contributed by atoms with Crippen molar-refractivity contribution in [3.63, 3.8) is 0 Å². The molecule has 4 heteroatoms. The van der Waals surface area contributed by atoms with Crippen LogP contribution in [0.3, 0.4) is 0 Å². The summed E-state index contributed by atoms with van der Waals surface area (Å²) in [6.45, 7) is 2.51. The van der Waals surface area contributed by atoms with Crippen molar-refractivity contribution < 1.29 is 9.90 Å². The summed E-state index contributed by atoms with van der Waals surface area (Å²) in [4.78, 5) is 15.0. The third kappa shape index (κ3) is 3.20. The molecule has 0 aliphatic carbocycles. The summed E-state index contributed by atoms with van der Waals surface area (Å²) in [5.74, 6) is 0.0949. The molecule has 0 amide bonds. The smallest absolute Gasteiger partial charge is 0.303 e. The van der Waals surface area contributed by atoms with E-state index >= 15 is 0 Å². The summed E-state index contributed by atoms with van der Waals surface area (Å²) in [5, 5.41) is 12.9. The lowest BCUT2D eigenvalue weighted by molar-refractivity contribution is -0.137. The van der Waals surface area contributed by atoms with E-state index in [0.29, 0.717) is 6.54 Å². The van der Waals surface area contributed by atoms with Gasteiger partial charge in [0.15, 0.2) is 0 Å². The van der Waals surface area contributed by atoms with E-state index < -0.39 is 5.97 Å². The van der Waals surface area contributed by atoms with Crippen molar-refractivity contribution in [2.75, 3.05) is 11.9 Å². The summed E-state index contributed by atoms with van der Waals surface area (Å²) in [7, 11) is 0. The average molecular weight is 244 g/mol. The van der Waals surface area contributed by atoms with Crippen LogP contribution in [0.15, 0.2) is 36.4 Å². The van der Waals surface area contributed by atoms with Gasteiger partial charge in [0.25, 0.3) is 0 Å². The molecule has 18 heavy (non-hydrogen) atoms. The monoisotopic (exact) mass is 244 g/mol. The van der Waals surface area contributed by atoms with Gasteiger partial charge in [0.1, 0.15) is 5.82 Å². The molecule has 94 valence electrons. The zero-order valence-electron chi connectivity index (χ0n) is 10.3. The van der Waals surface area contributed by atoms with E-state index in [1.165, 1.54) is 0 Å². The Kier molecular flexibility index (Phi) is 3.77. The van der Waals surface area contributed by atoms with Crippen molar-refractivity contribution in [2.45, 2.75) is 13.3 Å². The lowest BCUT2D eigenvalue weighted by Crippen LogP contribution is -2.15. The Hall–Kier alpha value is -2.10. The van der Waals surface area contributed by atoms with Crippen molar-refractivity contribution in [3.05, 3.63) is 36.4 Å².